The van der Waals surface area contributed by atoms with Gasteiger partial charge in [-0.3, -0.25) is 0 Å². The van der Waals surface area contributed by atoms with E-state index in [0.29, 0.717) is 50.2 Å². The molecule has 3 aliphatic heterocycles. The molecule has 1 spiro atoms. The van der Waals surface area contributed by atoms with Crippen molar-refractivity contribution in [3.05, 3.63) is 63.9 Å². The number of amides is 2. The first kappa shape index (κ1) is 22.5. The second-order valence-corrected chi connectivity index (χ2v) is 10.0. The normalized spacial score (nSPS) is 23.4. The number of carbonyl (C=O) groups excluding carboxylic acids is 1. The van der Waals surface area contributed by atoms with Gasteiger partial charge in [-0.25, -0.2) is 14.2 Å². The number of aromatic nitrogens is 1. The SMILES string of the molecule is NC(=O)N1CC2(C1)OCc1cc(CCC3=NSC(c4cccc(Cl)n4)(C(F)(F)F)C3)ccc12. The molecule has 1 atom stereocenters. The molecule has 4 heterocycles. The number of fused-ring (bicyclic) bond motifs is 2. The number of ether oxygens (including phenoxy) is 1. The van der Waals surface area contributed by atoms with Gasteiger partial charge in [-0.15, -0.1) is 0 Å². The summed E-state index contributed by atoms with van der Waals surface area (Å²) in [6.45, 7) is 1.30. The van der Waals surface area contributed by atoms with Crippen LogP contribution in [0, 0.1) is 0 Å². The fraction of sp³-hybridized carbons (Fsp3) is 0.409. The van der Waals surface area contributed by atoms with Gasteiger partial charge in [0.1, 0.15) is 10.8 Å². The van der Waals surface area contributed by atoms with Crippen molar-refractivity contribution in [2.75, 3.05) is 13.1 Å². The first-order valence-corrected chi connectivity index (χ1v) is 11.5. The van der Waals surface area contributed by atoms with Crippen LogP contribution in [-0.4, -0.2) is 40.9 Å². The molecule has 174 valence electrons. The van der Waals surface area contributed by atoms with Crippen molar-refractivity contribution in [2.45, 2.75) is 42.4 Å². The Morgan fingerprint density at radius 3 is 2.73 bits per heavy atom. The summed E-state index contributed by atoms with van der Waals surface area (Å²) in [5.74, 6) is 0. The Morgan fingerprint density at radius 2 is 2.03 bits per heavy atom. The Balaban J connectivity index is 1.27. The van der Waals surface area contributed by atoms with Gasteiger partial charge in [-0.1, -0.05) is 35.9 Å². The van der Waals surface area contributed by atoms with Crippen LogP contribution < -0.4 is 5.73 Å². The third-order valence-corrected chi connectivity index (χ3v) is 7.90. The molecule has 2 amide bonds. The lowest BCUT2D eigenvalue weighted by Crippen LogP contribution is -2.62. The molecule has 2 N–H and O–H groups in total. The molecule has 0 bridgehead atoms. The molecule has 1 saturated heterocycles. The largest absolute Gasteiger partial charge is 0.410 e. The van der Waals surface area contributed by atoms with E-state index in [2.05, 4.69) is 9.38 Å². The smallest absolute Gasteiger partial charge is 0.362 e. The summed E-state index contributed by atoms with van der Waals surface area (Å²) in [6.07, 6.45) is -3.81. The number of carbonyl (C=O) groups is 1. The summed E-state index contributed by atoms with van der Waals surface area (Å²) < 4.78 is 50.2. The lowest BCUT2D eigenvalue weighted by molar-refractivity contribution is -0.160. The van der Waals surface area contributed by atoms with Crippen molar-refractivity contribution in [1.82, 2.24) is 9.88 Å². The Labute approximate surface area is 197 Å². The highest BCUT2D eigenvalue weighted by Crippen LogP contribution is 2.56. The number of nitrogens with zero attached hydrogens (tertiary/aromatic N) is 3. The van der Waals surface area contributed by atoms with E-state index >= 15 is 0 Å². The molecule has 11 heteroatoms. The van der Waals surface area contributed by atoms with Gasteiger partial charge in [-0.05, 0) is 53.6 Å². The standard InChI is InChI=1S/C22H20ClF3N4O2S/c23-18-3-1-2-17(28-18)21(22(24,25)26)9-15(29-33-21)6-4-13-5-7-16-14(8-13)10-32-20(16)11-30(12-20)19(27)31/h1-3,5,7-8H,4,6,9-12H2,(H2,27,31). The van der Waals surface area contributed by atoms with E-state index in [1.807, 2.05) is 18.2 Å². The van der Waals surface area contributed by atoms with Crippen molar-refractivity contribution < 1.29 is 22.7 Å². The summed E-state index contributed by atoms with van der Waals surface area (Å²) in [4.78, 5) is 16.8. The molecule has 0 radical (unpaired) electrons. The Bertz CT molecular complexity index is 1150. The van der Waals surface area contributed by atoms with Crippen molar-refractivity contribution in [2.24, 2.45) is 10.1 Å². The van der Waals surface area contributed by atoms with Crippen LogP contribution in [0.3, 0.4) is 0 Å². The highest BCUT2D eigenvalue weighted by atomic mass is 35.5. The lowest BCUT2D eigenvalue weighted by Gasteiger charge is -2.46. The molecule has 5 rings (SSSR count). The van der Waals surface area contributed by atoms with E-state index in [1.165, 1.54) is 23.1 Å². The van der Waals surface area contributed by atoms with Gasteiger partial charge in [0, 0.05) is 12.1 Å². The number of alkyl halides is 3. The Kier molecular flexibility index (Phi) is 5.37. The fourth-order valence-electron chi connectivity index (χ4n) is 4.63. The fourth-order valence-corrected chi connectivity index (χ4v) is 5.78. The third kappa shape index (κ3) is 3.77. The number of hydrogen-bond acceptors (Lipinski definition) is 5. The third-order valence-electron chi connectivity index (χ3n) is 6.44. The molecule has 33 heavy (non-hydrogen) atoms. The number of benzene rings is 1. The predicted molar refractivity (Wildman–Crippen MR) is 119 cm³/mol. The van der Waals surface area contributed by atoms with Crippen LogP contribution in [0.4, 0.5) is 18.0 Å². The average molecular weight is 497 g/mol. The van der Waals surface area contributed by atoms with Gasteiger partial charge >= 0.3 is 12.2 Å². The second-order valence-electron chi connectivity index (χ2n) is 8.56. The maximum Gasteiger partial charge on any atom is 0.410 e. The van der Waals surface area contributed by atoms with Gasteiger partial charge < -0.3 is 15.4 Å². The molecule has 1 aromatic heterocycles. The van der Waals surface area contributed by atoms with Crippen molar-refractivity contribution in [3.63, 3.8) is 0 Å². The number of pyridine rings is 1. The van der Waals surface area contributed by atoms with Gasteiger partial charge in [-0.2, -0.15) is 13.2 Å². The minimum absolute atomic E-state index is 0.0220. The number of nitrogens with two attached hydrogens (primary N) is 1. The quantitative estimate of drug-likeness (QED) is 0.490. The average Bonchev–Trinajstić information content (AvgIpc) is 3.33. The number of halogens is 4. The highest BCUT2D eigenvalue weighted by Gasteiger charge is 2.61. The molecule has 2 aromatic rings. The van der Waals surface area contributed by atoms with Crippen LogP contribution in [0.25, 0.3) is 0 Å². The van der Waals surface area contributed by atoms with E-state index in [1.54, 1.807) is 0 Å². The minimum Gasteiger partial charge on any atom is -0.362 e. The molecule has 1 fully saturated rings. The molecular formula is C22H20ClF3N4O2S. The van der Waals surface area contributed by atoms with Crippen LogP contribution in [0.15, 0.2) is 40.8 Å². The number of rotatable bonds is 4. The second kappa shape index (κ2) is 7.89. The zero-order valence-corrected chi connectivity index (χ0v) is 18.9. The minimum atomic E-state index is -4.53. The first-order chi connectivity index (χ1) is 15.6. The van der Waals surface area contributed by atoms with Crippen LogP contribution >= 0.6 is 23.5 Å². The zero-order chi connectivity index (χ0) is 23.4. The monoisotopic (exact) mass is 496 g/mol. The lowest BCUT2D eigenvalue weighted by atomic mass is 9.84. The number of primary amides is 1. The topological polar surface area (TPSA) is 80.8 Å². The van der Waals surface area contributed by atoms with Gasteiger partial charge in [0.25, 0.3) is 0 Å². The molecule has 3 aliphatic rings. The molecular weight excluding hydrogens is 477 g/mol. The Hall–Kier alpha value is -2.30. The van der Waals surface area contributed by atoms with Crippen LogP contribution in [0.5, 0.6) is 0 Å². The summed E-state index contributed by atoms with van der Waals surface area (Å²) in [6, 6.07) is 9.77. The number of aryl methyl sites for hydroxylation is 1. The molecule has 1 aromatic carbocycles. The molecule has 1 unspecified atom stereocenters. The van der Waals surface area contributed by atoms with Crippen LogP contribution in [-0.2, 0) is 28.1 Å². The zero-order valence-electron chi connectivity index (χ0n) is 17.4. The highest BCUT2D eigenvalue weighted by molar-refractivity contribution is 7.99. The van der Waals surface area contributed by atoms with E-state index < -0.39 is 22.6 Å². The Morgan fingerprint density at radius 1 is 1.24 bits per heavy atom. The van der Waals surface area contributed by atoms with E-state index in [-0.39, 0.29) is 17.3 Å². The molecule has 0 saturated carbocycles. The van der Waals surface area contributed by atoms with Crippen molar-refractivity contribution >= 4 is 35.3 Å². The summed E-state index contributed by atoms with van der Waals surface area (Å²) >= 11 is 6.37. The maximum atomic E-state index is 14.1. The van der Waals surface area contributed by atoms with E-state index in [9.17, 15) is 18.0 Å². The number of hydrogen-bond donors (Lipinski definition) is 1. The van der Waals surface area contributed by atoms with Gasteiger partial charge in [0.05, 0.1) is 25.4 Å². The maximum absolute atomic E-state index is 14.1. The summed E-state index contributed by atoms with van der Waals surface area (Å²) in [7, 11) is 0. The molecule has 6 nitrogen and oxygen atoms in total. The first-order valence-electron chi connectivity index (χ1n) is 10.4. The van der Waals surface area contributed by atoms with Crippen LogP contribution in [0.2, 0.25) is 5.15 Å². The van der Waals surface area contributed by atoms with Crippen LogP contribution in [0.1, 0.15) is 35.2 Å². The van der Waals surface area contributed by atoms with Crippen molar-refractivity contribution in [1.29, 1.82) is 0 Å². The number of urea groups is 1. The summed E-state index contributed by atoms with van der Waals surface area (Å²) in [5.41, 5.74) is 8.26. The summed E-state index contributed by atoms with van der Waals surface area (Å²) in [5, 5.41) is 0.0220. The van der Waals surface area contributed by atoms with Gasteiger partial charge in [0.2, 0.25) is 0 Å². The van der Waals surface area contributed by atoms with Gasteiger partial charge in [0.15, 0.2) is 4.75 Å². The predicted octanol–water partition coefficient (Wildman–Crippen LogP) is 4.74. The number of likely N-dealkylation sites (tertiary alicyclic amines) is 1. The van der Waals surface area contributed by atoms with E-state index in [0.717, 1.165) is 16.7 Å². The molecule has 0 aliphatic carbocycles. The van der Waals surface area contributed by atoms with Crippen molar-refractivity contribution in [3.8, 4) is 0 Å². The van der Waals surface area contributed by atoms with E-state index in [4.69, 9.17) is 22.1 Å².